The van der Waals surface area contributed by atoms with Gasteiger partial charge >= 0.3 is 0 Å². The second-order valence-corrected chi connectivity index (χ2v) is 2.94. The standard InChI is InChI=1S/2C5H12O.Zr/c2*1-3-5(6)4-2;/h2*5-6H,3-4H2,1-2H3;. The normalized spacial score (nSPS) is 9.23. The molecule has 2 nitrogen and oxygen atoms in total. The summed E-state index contributed by atoms with van der Waals surface area (Å²) < 4.78 is 0. The van der Waals surface area contributed by atoms with Crippen LogP contribution in [0.2, 0.25) is 0 Å². The van der Waals surface area contributed by atoms with E-state index in [0.29, 0.717) is 0 Å². The van der Waals surface area contributed by atoms with Crippen LogP contribution in [0.1, 0.15) is 53.4 Å². The molecule has 0 rings (SSSR count). The summed E-state index contributed by atoms with van der Waals surface area (Å²) in [6.45, 7) is 7.92. The Bertz CT molecular complexity index is 61.3. The van der Waals surface area contributed by atoms with Crippen LogP contribution >= 0.6 is 0 Å². The summed E-state index contributed by atoms with van der Waals surface area (Å²) in [7, 11) is 0. The van der Waals surface area contributed by atoms with Gasteiger partial charge in [0.1, 0.15) is 0 Å². The number of aliphatic hydroxyl groups is 2. The van der Waals surface area contributed by atoms with E-state index in [1.165, 1.54) is 0 Å². The van der Waals surface area contributed by atoms with Gasteiger partial charge in [0.2, 0.25) is 0 Å². The van der Waals surface area contributed by atoms with Crippen LogP contribution in [-0.2, 0) is 26.2 Å². The first-order valence-corrected chi connectivity index (χ1v) is 4.98. The Morgan fingerprint density at radius 3 is 0.846 bits per heavy atom. The zero-order chi connectivity index (χ0) is 9.98. The van der Waals surface area contributed by atoms with Crippen LogP contribution in [-0.4, -0.2) is 22.4 Å². The van der Waals surface area contributed by atoms with Crippen LogP contribution in [0.15, 0.2) is 0 Å². The van der Waals surface area contributed by atoms with Crippen molar-refractivity contribution in [2.24, 2.45) is 0 Å². The van der Waals surface area contributed by atoms with Gasteiger partial charge in [-0.05, 0) is 25.7 Å². The second kappa shape index (κ2) is 15.3. The predicted molar refractivity (Wildman–Crippen MR) is 53.2 cm³/mol. The molecule has 0 saturated heterocycles. The Morgan fingerprint density at radius 2 is 0.846 bits per heavy atom. The number of hydrogen-bond acceptors (Lipinski definition) is 2. The van der Waals surface area contributed by atoms with E-state index in [-0.39, 0.29) is 38.4 Å². The summed E-state index contributed by atoms with van der Waals surface area (Å²) in [5, 5.41) is 17.3. The van der Waals surface area contributed by atoms with Gasteiger partial charge in [0.15, 0.2) is 0 Å². The average Bonchev–Trinajstić information content (AvgIpc) is 2.16. The molecule has 0 aliphatic rings. The third-order valence-electron chi connectivity index (χ3n) is 1.88. The van der Waals surface area contributed by atoms with E-state index in [4.69, 9.17) is 10.2 Å². The van der Waals surface area contributed by atoms with Crippen molar-refractivity contribution < 1.29 is 36.4 Å². The van der Waals surface area contributed by atoms with Crippen molar-refractivity contribution in [2.75, 3.05) is 0 Å². The second-order valence-electron chi connectivity index (χ2n) is 2.94. The fourth-order valence-corrected chi connectivity index (χ4v) is 0.577. The molecule has 0 amide bonds. The summed E-state index contributed by atoms with van der Waals surface area (Å²) in [5.74, 6) is 0. The van der Waals surface area contributed by atoms with Gasteiger partial charge in [0, 0.05) is 26.2 Å². The maximum Gasteiger partial charge on any atom is 0.0535 e. The quantitative estimate of drug-likeness (QED) is 0.821. The fraction of sp³-hybridized carbons (Fsp3) is 1.00. The molecule has 0 aliphatic carbocycles. The van der Waals surface area contributed by atoms with Crippen LogP contribution < -0.4 is 0 Å². The Labute approximate surface area is 102 Å². The van der Waals surface area contributed by atoms with Crippen LogP contribution in [0.4, 0.5) is 0 Å². The van der Waals surface area contributed by atoms with Crippen molar-refractivity contribution in [3.8, 4) is 0 Å². The van der Waals surface area contributed by atoms with Crippen LogP contribution in [0.25, 0.3) is 0 Å². The van der Waals surface area contributed by atoms with Crippen molar-refractivity contribution in [1.82, 2.24) is 0 Å². The molecule has 0 unspecified atom stereocenters. The molecule has 0 spiro atoms. The molecule has 0 aromatic heterocycles. The molecular formula is C10H24O2Zr. The minimum absolute atomic E-state index is 0. The summed E-state index contributed by atoms with van der Waals surface area (Å²) >= 11 is 0. The van der Waals surface area contributed by atoms with Crippen molar-refractivity contribution in [3.63, 3.8) is 0 Å². The largest absolute Gasteiger partial charge is 0.393 e. The SMILES string of the molecule is CCC(O)CC.CCC(O)CC.[Zr]. The van der Waals surface area contributed by atoms with Gasteiger partial charge in [-0.1, -0.05) is 27.7 Å². The zero-order valence-corrected chi connectivity index (χ0v) is 11.8. The molecule has 2 N–H and O–H groups in total. The van der Waals surface area contributed by atoms with E-state index in [1.807, 2.05) is 27.7 Å². The van der Waals surface area contributed by atoms with Crippen molar-refractivity contribution in [1.29, 1.82) is 0 Å². The Kier molecular flexibility index (Phi) is 22.8. The molecule has 80 valence electrons. The van der Waals surface area contributed by atoms with Gasteiger partial charge in [-0.3, -0.25) is 0 Å². The molecule has 0 saturated carbocycles. The molecule has 0 aromatic carbocycles. The minimum Gasteiger partial charge on any atom is -0.393 e. The monoisotopic (exact) mass is 266 g/mol. The smallest absolute Gasteiger partial charge is 0.0535 e. The molecule has 3 heteroatoms. The van der Waals surface area contributed by atoms with Crippen LogP contribution in [0.3, 0.4) is 0 Å². The fourth-order valence-electron chi connectivity index (χ4n) is 0.577. The molecule has 0 fully saturated rings. The van der Waals surface area contributed by atoms with Gasteiger partial charge < -0.3 is 10.2 Å². The molecule has 0 bridgehead atoms. The molecule has 0 aromatic rings. The van der Waals surface area contributed by atoms with Gasteiger partial charge in [-0.25, -0.2) is 0 Å². The summed E-state index contributed by atoms with van der Waals surface area (Å²) in [6.07, 6.45) is 3.41. The van der Waals surface area contributed by atoms with Crippen molar-refractivity contribution >= 4 is 0 Å². The van der Waals surface area contributed by atoms with Gasteiger partial charge in [0.05, 0.1) is 12.2 Å². The summed E-state index contributed by atoms with van der Waals surface area (Å²) in [4.78, 5) is 0. The number of aliphatic hydroxyl groups excluding tert-OH is 2. The summed E-state index contributed by atoms with van der Waals surface area (Å²) in [5.41, 5.74) is 0. The first-order chi connectivity index (χ1) is 5.62. The van der Waals surface area contributed by atoms with Crippen molar-refractivity contribution in [2.45, 2.75) is 65.6 Å². The Hall–Kier alpha value is 0.803. The van der Waals surface area contributed by atoms with E-state index >= 15 is 0 Å². The van der Waals surface area contributed by atoms with E-state index in [2.05, 4.69) is 0 Å². The Balaban J connectivity index is -0.000000143. The molecule has 0 atom stereocenters. The Morgan fingerprint density at radius 1 is 0.692 bits per heavy atom. The first-order valence-electron chi connectivity index (χ1n) is 4.98. The van der Waals surface area contributed by atoms with Crippen LogP contribution in [0.5, 0.6) is 0 Å². The third kappa shape index (κ3) is 19.3. The van der Waals surface area contributed by atoms with E-state index in [9.17, 15) is 0 Å². The third-order valence-corrected chi connectivity index (χ3v) is 1.88. The maximum absolute atomic E-state index is 8.67. The summed E-state index contributed by atoms with van der Waals surface area (Å²) in [6, 6.07) is 0. The van der Waals surface area contributed by atoms with Gasteiger partial charge in [0.25, 0.3) is 0 Å². The van der Waals surface area contributed by atoms with Gasteiger partial charge in [-0.2, -0.15) is 0 Å². The maximum atomic E-state index is 8.67. The van der Waals surface area contributed by atoms with E-state index < -0.39 is 0 Å². The first kappa shape index (κ1) is 19.4. The van der Waals surface area contributed by atoms with Crippen LogP contribution in [0, 0.1) is 0 Å². The van der Waals surface area contributed by atoms with Crippen molar-refractivity contribution in [3.05, 3.63) is 0 Å². The predicted octanol–water partition coefficient (Wildman–Crippen LogP) is 2.33. The number of hydrogen-bond donors (Lipinski definition) is 2. The minimum atomic E-state index is -0.0648. The molecular weight excluding hydrogens is 243 g/mol. The van der Waals surface area contributed by atoms with Gasteiger partial charge in [-0.15, -0.1) is 0 Å². The number of rotatable bonds is 4. The zero-order valence-electron chi connectivity index (χ0n) is 9.38. The molecule has 0 aliphatic heterocycles. The van der Waals surface area contributed by atoms with E-state index in [0.717, 1.165) is 25.7 Å². The molecule has 0 heterocycles. The van der Waals surface area contributed by atoms with E-state index in [1.54, 1.807) is 0 Å². The molecule has 13 heavy (non-hydrogen) atoms. The average molecular weight is 268 g/mol. The topological polar surface area (TPSA) is 40.5 Å². The molecule has 0 radical (unpaired) electrons.